The first-order valence-electron chi connectivity index (χ1n) is 10.4. The lowest BCUT2D eigenvalue weighted by molar-refractivity contribution is -0.110. The molecular weight excluding hydrogens is 391 g/mol. The van der Waals surface area contributed by atoms with Crippen LogP contribution in [0.3, 0.4) is 0 Å². The standard InChI is InChI=1S/C25H23FN4O/c1-16-12-20(28-14-22-21-13-19(26)2-4-23(21)29-25(22)31)3-5-24(16)30-11-8-18(15-30)17-6-9-27-10-7-17/h2-7,9-10,12-14,18,28H,8,11,15H2,1H3,(H,29,31). The molecule has 1 unspecified atom stereocenters. The van der Waals surface area contributed by atoms with E-state index in [1.165, 1.54) is 28.9 Å². The molecule has 1 saturated heterocycles. The predicted molar refractivity (Wildman–Crippen MR) is 122 cm³/mol. The number of hydrogen-bond acceptors (Lipinski definition) is 4. The topological polar surface area (TPSA) is 57.3 Å². The first-order valence-corrected chi connectivity index (χ1v) is 10.4. The number of aromatic nitrogens is 1. The molecule has 0 bridgehead atoms. The summed E-state index contributed by atoms with van der Waals surface area (Å²) in [6.07, 6.45) is 6.48. The van der Waals surface area contributed by atoms with Crippen LogP contribution in [0.5, 0.6) is 0 Å². The van der Waals surface area contributed by atoms with Gasteiger partial charge in [0.15, 0.2) is 0 Å². The zero-order valence-corrected chi connectivity index (χ0v) is 17.2. The highest BCUT2D eigenvalue weighted by Crippen LogP contribution is 2.34. The Labute approximate surface area is 180 Å². The third kappa shape index (κ3) is 3.77. The number of anilines is 3. The molecule has 156 valence electrons. The lowest BCUT2D eigenvalue weighted by Crippen LogP contribution is -2.20. The van der Waals surface area contributed by atoms with Crippen molar-refractivity contribution in [3.8, 4) is 0 Å². The van der Waals surface area contributed by atoms with Gasteiger partial charge in [-0.25, -0.2) is 4.39 Å². The molecule has 5 nitrogen and oxygen atoms in total. The van der Waals surface area contributed by atoms with Crippen LogP contribution in [0.2, 0.25) is 0 Å². The van der Waals surface area contributed by atoms with E-state index in [1.807, 2.05) is 18.5 Å². The second-order valence-corrected chi connectivity index (χ2v) is 8.06. The molecule has 2 aliphatic heterocycles. The Hall–Kier alpha value is -3.67. The SMILES string of the molecule is Cc1cc(NC=C2C(=O)Nc3ccc(F)cc32)ccc1N1CCC(c2ccncc2)C1. The average Bonchev–Trinajstić information content (AvgIpc) is 3.37. The Bertz CT molecular complexity index is 1180. The minimum Gasteiger partial charge on any atom is -0.371 e. The second kappa shape index (κ2) is 7.87. The number of carbonyl (C=O) groups excluding carboxylic acids is 1. The van der Waals surface area contributed by atoms with Gasteiger partial charge in [0.05, 0.1) is 5.57 Å². The van der Waals surface area contributed by atoms with E-state index in [4.69, 9.17) is 0 Å². The van der Waals surface area contributed by atoms with E-state index < -0.39 is 0 Å². The van der Waals surface area contributed by atoms with E-state index in [9.17, 15) is 9.18 Å². The smallest absolute Gasteiger partial charge is 0.257 e. The third-order valence-corrected chi connectivity index (χ3v) is 6.05. The Kier molecular flexibility index (Phi) is 4.90. The van der Waals surface area contributed by atoms with Crippen LogP contribution in [-0.4, -0.2) is 24.0 Å². The molecule has 2 aliphatic rings. The van der Waals surface area contributed by atoms with Crippen LogP contribution in [0.15, 0.2) is 67.1 Å². The molecule has 3 heterocycles. The number of nitrogens with zero attached hydrogens (tertiary/aromatic N) is 2. The number of pyridine rings is 1. The fourth-order valence-corrected chi connectivity index (χ4v) is 4.45. The molecule has 0 spiro atoms. The van der Waals surface area contributed by atoms with Gasteiger partial charge in [-0.05, 0) is 73.0 Å². The van der Waals surface area contributed by atoms with Gasteiger partial charge in [-0.15, -0.1) is 0 Å². The summed E-state index contributed by atoms with van der Waals surface area (Å²) in [5, 5.41) is 5.96. The number of amides is 1. The zero-order valence-electron chi connectivity index (χ0n) is 17.2. The van der Waals surface area contributed by atoms with Crippen LogP contribution in [0.25, 0.3) is 5.57 Å². The summed E-state index contributed by atoms with van der Waals surface area (Å²) >= 11 is 0. The van der Waals surface area contributed by atoms with Gasteiger partial charge in [0, 0.05) is 60.2 Å². The molecule has 2 aromatic carbocycles. The number of hydrogen-bond donors (Lipinski definition) is 2. The van der Waals surface area contributed by atoms with E-state index in [1.54, 1.807) is 12.3 Å². The summed E-state index contributed by atoms with van der Waals surface area (Å²) in [5.41, 5.74) is 6.24. The largest absolute Gasteiger partial charge is 0.371 e. The van der Waals surface area contributed by atoms with Gasteiger partial charge in [0.25, 0.3) is 5.91 Å². The van der Waals surface area contributed by atoms with Crippen LogP contribution >= 0.6 is 0 Å². The van der Waals surface area contributed by atoms with Crippen LogP contribution in [0, 0.1) is 12.7 Å². The van der Waals surface area contributed by atoms with Crippen molar-refractivity contribution in [2.24, 2.45) is 0 Å². The summed E-state index contributed by atoms with van der Waals surface area (Å²) in [7, 11) is 0. The normalized spacial score (nSPS) is 18.9. The summed E-state index contributed by atoms with van der Waals surface area (Å²) in [4.78, 5) is 18.8. The Morgan fingerprint density at radius 2 is 2.00 bits per heavy atom. The van der Waals surface area contributed by atoms with Crippen LogP contribution in [0.1, 0.15) is 29.0 Å². The zero-order chi connectivity index (χ0) is 21.4. The number of halogens is 1. The van der Waals surface area contributed by atoms with E-state index in [0.29, 0.717) is 22.7 Å². The highest BCUT2D eigenvalue weighted by Gasteiger charge is 2.26. The van der Waals surface area contributed by atoms with Gasteiger partial charge in [-0.2, -0.15) is 0 Å². The maximum absolute atomic E-state index is 13.6. The van der Waals surface area contributed by atoms with Crippen molar-refractivity contribution in [2.45, 2.75) is 19.3 Å². The fourth-order valence-electron chi connectivity index (χ4n) is 4.45. The second-order valence-electron chi connectivity index (χ2n) is 8.06. The molecule has 1 amide bonds. The van der Waals surface area contributed by atoms with Gasteiger partial charge in [-0.1, -0.05) is 0 Å². The summed E-state index contributed by atoms with van der Waals surface area (Å²) in [6, 6.07) is 14.7. The highest BCUT2D eigenvalue weighted by molar-refractivity contribution is 6.31. The minimum absolute atomic E-state index is 0.235. The van der Waals surface area contributed by atoms with Crippen molar-refractivity contribution < 1.29 is 9.18 Å². The Balaban J connectivity index is 1.31. The van der Waals surface area contributed by atoms with Gasteiger partial charge >= 0.3 is 0 Å². The molecule has 0 saturated carbocycles. The van der Waals surface area contributed by atoms with Crippen molar-refractivity contribution in [1.29, 1.82) is 0 Å². The van der Waals surface area contributed by atoms with E-state index >= 15 is 0 Å². The molecule has 6 heteroatoms. The van der Waals surface area contributed by atoms with Gasteiger partial charge in [0.2, 0.25) is 0 Å². The number of benzene rings is 2. The molecule has 1 atom stereocenters. The molecular formula is C25H23FN4O. The molecule has 0 radical (unpaired) electrons. The van der Waals surface area contributed by atoms with Crippen molar-refractivity contribution in [1.82, 2.24) is 4.98 Å². The Morgan fingerprint density at radius 3 is 2.81 bits per heavy atom. The molecule has 2 N–H and O–H groups in total. The summed E-state index contributed by atoms with van der Waals surface area (Å²) < 4.78 is 13.6. The molecule has 0 aliphatic carbocycles. The summed E-state index contributed by atoms with van der Waals surface area (Å²) in [6.45, 7) is 4.11. The van der Waals surface area contributed by atoms with Crippen molar-refractivity contribution in [2.75, 3.05) is 28.6 Å². The number of nitrogens with one attached hydrogen (secondary N) is 2. The van der Waals surface area contributed by atoms with Crippen LogP contribution in [-0.2, 0) is 4.79 Å². The maximum atomic E-state index is 13.6. The number of fused-ring (bicyclic) bond motifs is 1. The lowest BCUT2D eigenvalue weighted by atomic mass is 10.00. The van der Waals surface area contributed by atoms with E-state index in [2.05, 4.69) is 51.7 Å². The first kappa shape index (κ1) is 19.3. The quantitative estimate of drug-likeness (QED) is 0.595. The lowest BCUT2D eigenvalue weighted by Gasteiger charge is -2.22. The highest BCUT2D eigenvalue weighted by atomic mass is 19.1. The predicted octanol–water partition coefficient (Wildman–Crippen LogP) is 4.93. The third-order valence-electron chi connectivity index (χ3n) is 6.05. The monoisotopic (exact) mass is 414 g/mol. The first-order chi connectivity index (χ1) is 15.1. The van der Waals surface area contributed by atoms with Gasteiger partial charge < -0.3 is 15.5 Å². The molecule has 3 aromatic rings. The van der Waals surface area contributed by atoms with Gasteiger partial charge in [0.1, 0.15) is 5.82 Å². The Morgan fingerprint density at radius 1 is 1.16 bits per heavy atom. The van der Waals surface area contributed by atoms with Crippen LogP contribution < -0.4 is 15.5 Å². The number of carbonyl (C=O) groups is 1. The number of aryl methyl sites for hydroxylation is 1. The molecule has 1 fully saturated rings. The average molecular weight is 414 g/mol. The fraction of sp³-hybridized carbons (Fsp3) is 0.200. The van der Waals surface area contributed by atoms with Crippen molar-refractivity contribution >= 4 is 28.5 Å². The van der Waals surface area contributed by atoms with Crippen LogP contribution in [0.4, 0.5) is 21.5 Å². The van der Waals surface area contributed by atoms with E-state index in [-0.39, 0.29) is 11.7 Å². The van der Waals surface area contributed by atoms with Crippen molar-refractivity contribution in [3.05, 3.63) is 89.6 Å². The minimum atomic E-state index is -0.364. The molecule has 31 heavy (non-hydrogen) atoms. The molecule has 5 rings (SSSR count). The summed E-state index contributed by atoms with van der Waals surface area (Å²) in [5.74, 6) is -0.0797. The number of rotatable bonds is 4. The van der Waals surface area contributed by atoms with Crippen molar-refractivity contribution in [3.63, 3.8) is 0 Å². The van der Waals surface area contributed by atoms with Gasteiger partial charge in [-0.3, -0.25) is 9.78 Å². The van der Waals surface area contributed by atoms with E-state index in [0.717, 1.165) is 25.2 Å². The molecule has 1 aromatic heterocycles. The maximum Gasteiger partial charge on any atom is 0.257 e.